The van der Waals surface area contributed by atoms with Gasteiger partial charge >= 0.3 is 0 Å². The van der Waals surface area contributed by atoms with E-state index in [1.807, 2.05) is 31.2 Å². The Kier molecular flexibility index (Phi) is 4.57. The van der Waals surface area contributed by atoms with Crippen molar-refractivity contribution in [3.63, 3.8) is 0 Å². The molecule has 0 radical (unpaired) electrons. The fourth-order valence-electron chi connectivity index (χ4n) is 2.24. The summed E-state index contributed by atoms with van der Waals surface area (Å²) >= 11 is 6.07. The Morgan fingerprint density at radius 2 is 2.17 bits per heavy atom. The molecule has 0 atom stereocenters. The molecule has 1 aliphatic heterocycles. The first-order valence-electron chi connectivity index (χ1n) is 7.20. The predicted octanol–water partition coefficient (Wildman–Crippen LogP) is 3.19. The molecule has 2 aromatic carbocycles. The zero-order chi connectivity index (χ0) is 16.2. The van der Waals surface area contributed by atoms with Gasteiger partial charge in [-0.1, -0.05) is 23.7 Å². The van der Waals surface area contributed by atoms with Gasteiger partial charge in [-0.25, -0.2) is 0 Å². The number of benzene rings is 2. The molecule has 2 aromatic rings. The largest absolute Gasteiger partial charge is 0.492 e. The van der Waals surface area contributed by atoms with Gasteiger partial charge in [0.05, 0.1) is 11.6 Å². The van der Waals surface area contributed by atoms with Crippen LogP contribution in [0.5, 0.6) is 17.2 Å². The molecule has 0 unspecified atom stereocenters. The fourth-order valence-corrected chi connectivity index (χ4v) is 2.50. The molecule has 0 spiro atoms. The SMILES string of the molecule is Cc1cccc(OCCNC(=O)c2cc(Cl)c3c(c2)OCO3)c1. The number of aryl methyl sites for hydroxylation is 1. The molecule has 5 nitrogen and oxygen atoms in total. The van der Waals surface area contributed by atoms with E-state index in [4.69, 9.17) is 25.8 Å². The van der Waals surface area contributed by atoms with Crippen molar-refractivity contribution in [1.29, 1.82) is 0 Å². The van der Waals surface area contributed by atoms with E-state index in [0.717, 1.165) is 11.3 Å². The van der Waals surface area contributed by atoms with Crippen molar-refractivity contribution in [2.45, 2.75) is 6.92 Å². The number of fused-ring (bicyclic) bond motifs is 1. The highest BCUT2D eigenvalue weighted by Crippen LogP contribution is 2.39. The highest BCUT2D eigenvalue weighted by Gasteiger charge is 2.20. The highest BCUT2D eigenvalue weighted by atomic mass is 35.5. The minimum Gasteiger partial charge on any atom is -0.492 e. The summed E-state index contributed by atoms with van der Waals surface area (Å²) in [6, 6.07) is 10.9. The second kappa shape index (κ2) is 6.79. The smallest absolute Gasteiger partial charge is 0.251 e. The third-order valence-corrected chi connectivity index (χ3v) is 3.62. The standard InChI is InChI=1S/C17H16ClNO4/c1-11-3-2-4-13(7-11)21-6-5-19-17(20)12-8-14(18)16-15(9-12)22-10-23-16/h2-4,7-9H,5-6,10H2,1H3,(H,19,20). The maximum Gasteiger partial charge on any atom is 0.251 e. The number of hydrogen-bond donors (Lipinski definition) is 1. The molecule has 0 aromatic heterocycles. The van der Waals surface area contributed by atoms with Gasteiger partial charge in [0.25, 0.3) is 5.91 Å². The molecule has 0 fully saturated rings. The summed E-state index contributed by atoms with van der Waals surface area (Å²) in [6.45, 7) is 2.88. The summed E-state index contributed by atoms with van der Waals surface area (Å²) in [6.07, 6.45) is 0. The van der Waals surface area contributed by atoms with Crippen molar-refractivity contribution < 1.29 is 19.0 Å². The van der Waals surface area contributed by atoms with E-state index in [9.17, 15) is 4.79 Å². The summed E-state index contributed by atoms with van der Waals surface area (Å²) in [5.41, 5.74) is 1.55. The minimum atomic E-state index is -0.238. The molecule has 0 bridgehead atoms. The maximum atomic E-state index is 12.1. The van der Waals surface area contributed by atoms with Gasteiger partial charge in [0.1, 0.15) is 12.4 Å². The Labute approximate surface area is 139 Å². The van der Waals surface area contributed by atoms with E-state index in [1.165, 1.54) is 0 Å². The number of carbonyl (C=O) groups is 1. The van der Waals surface area contributed by atoms with Crippen LogP contribution in [0.25, 0.3) is 0 Å². The molecule has 0 saturated carbocycles. The van der Waals surface area contributed by atoms with Crippen molar-refractivity contribution in [3.05, 3.63) is 52.5 Å². The van der Waals surface area contributed by atoms with Crippen LogP contribution in [0.2, 0.25) is 5.02 Å². The van der Waals surface area contributed by atoms with E-state index in [2.05, 4.69) is 5.32 Å². The average molecular weight is 334 g/mol. The van der Waals surface area contributed by atoms with Gasteiger partial charge in [0, 0.05) is 5.56 Å². The first-order valence-corrected chi connectivity index (χ1v) is 7.58. The third kappa shape index (κ3) is 3.68. The Balaban J connectivity index is 1.53. The number of carbonyl (C=O) groups excluding carboxylic acids is 1. The van der Waals surface area contributed by atoms with Crippen LogP contribution < -0.4 is 19.5 Å². The zero-order valence-corrected chi connectivity index (χ0v) is 13.4. The van der Waals surface area contributed by atoms with E-state index in [1.54, 1.807) is 12.1 Å². The quantitative estimate of drug-likeness (QED) is 0.854. The van der Waals surface area contributed by atoms with Gasteiger partial charge in [-0.05, 0) is 36.8 Å². The molecule has 0 aliphatic carbocycles. The van der Waals surface area contributed by atoms with Crippen LogP contribution in [-0.4, -0.2) is 25.9 Å². The van der Waals surface area contributed by atoms with Gasteiger partial charge in [0.15, 0.2) is 11.5 Å². The monoisotopic (exact) mass is 333 g/mol. The molecule has 1 N–H and O–H groups in total. The summed E-state index contributed by atoms with van der Waals surface area (Å²) in [5.74, 6) is 1.51. The summed E-state index contributed by atoms with van der Waals surface area (Å²) < 4.78 is 16.1. The lowest BCUT2D eigenvalue weighted by molar-refractivity contribution is 0.0946. The molecule has 120 valence electrons. The number of ether oxygens (including phenoxy) is 3. The average Bonchev–Trinajstić information content (AvgIpc) is 3.00. The number of amides is 1. The van der Waals surface area contributed by atoms with Gasteiger partial charge in [0.2, 0.25) is 6.79 Å². The third-order valence-electron chi connectivity index (χ3n) is 3.34. The Morgan fingerprint density at radius 1 is 1.30 bits per heavy atom. The van der Waals surface area contributed by atoms with E-state index in [-0.39, 0.29) is 12.7 Å². The summed E-state index contributed by atoms with van der Waals surface area (Å²) in [4.78, 5) is 12.1. The number of halogens is 1. The summed E-state index contributed by atoms with van der Waals surface area (Å²) in [5, 5.41) is 3.15. The van der Waals surface area contributed by atoms with Crippen molar-refractivity contribution in [2.24, 2.45) is 0 Å². The van der Waals surface area contributed by atoms with Crippen molar-refractivity contribution in [1.82, 2.24) is 5.32 Å². The van der Waals surface area contributed by atoms with Gasteiger partial charge < -0.3 is 19.5 Å². The van der Waals surface area contributed by atoms with Crippen LogP contribution in [0.3, 0.4) is 0 Å². The lowest BCUT2D eigenvalue weighted by Gasteiger charge is -2.09. The van der Waals surface area contributed by atoms with E-state index in [0.29, 0.717) is 35.2 Å². The van der Waals surface area contributed by atoms with Crippen molar-refractivity contribution in [3.8, 4) is 17.2 Å². The lowest BCUT2D eigenvalue weighted by Crippen LogP contribution is -2.28. The van der Waals surface area contributed by atoms with Crippen LogP contribution in [-0.2, 0) is 0 Å². The van der Waals surface area contributed by atoms with Crippen molar-refractivity contribution >= 4 is 17.5 Å². The first-order chi connectivity index (χ1) is 11.1. The molecule has 3 rings (SSSR count). The van der Waals surface area contributed by atoms with Crippen molar-refractivity contribution in [2.75, 3.05) is 19.9 Å². The maximum absolute atomic E-state index is 12.1. The Bertz CT molecular complexity index is 733. The first kappa shape index (κ1) is 15.5. The molecule has 1 heterocycles. The molecular weight excluding hydrogens is 318 g/mol. The van der Waals surface area contributed by atoms with Crippen LogP contribution >= 0.6 is 11.6 Å². The van der Waals surface area contributed by atoms with Gasteiger partial charge in [-0.3, -0.25) is 4.79 Å². The second-order valence-electron chi connectivity index (χ2n) is 5.11. The number of nitrogens with one attached hydrogen (secondary N) is 1. The minimum absolute atomic E-state index is 0.116. The second-order valence-corrected chi connectivity index (χ2v) is 5.52. The molecule has 23 heavy (non-hydrogen) atoms. The molecular formula is C17H16ClNO4. The van der Waals surface area contributed by atoms with Crippen LogP contribution in [0.15, 0.2) is 36.4 Å². The molecule has 1 aliphatic rings. The molecule has 0 saturated heterocycles. The predicted molar refractivity (Wildman–Crippen MR) is 86.6 cm³/mol. The zero-order valence-electron chi connectivity index (χ0n) is 12.6. The fraction of sp³-hybridized carbons (Fsp3) is 0.235. The Hall–Kier alpha value is -2.40. The van der Waals surface area contributed by atoms with Crippen LogP contribution in [0.4, 0.5) is 0 Å². The number of hydrogen-bond acceptors (Lipinski definition) is 4. The van der Waals surface area contributed by atoms with Gasteiger partial charge in [-0.15, -0.1) is 0 Å². The Morgan fingerprint density at radius 3 is 3.00 bits per heavy atom. The molecule has 6 heteroatoms. The topological polar surface area (TPSA) is 56.8 Å². The van der Waals surface area contributed by atoms with E-state index < -0.39 is 0 Å². The van der Waals surface area contributed by atoms with Crippen LogP contribution in [0, 0.1) is 6.92 Å². The lowest BCUT2D eigenvalue weighted by atomic mass is 10.2. The van der Waals surface area contributed by atoms with E-state index >= 15 is 0 Å². The van der Waals surface area contributed by atoms with Crippen LogP contribution in [0.1, 0.15) is 15.9 Å². The molecule has 1 amide bonds. The number of rotatable bonds is 5. The summed E-state index contributed by atoms with van der Waals surface area (Å²) in [7, 11) is 0. The normalized spacial score (nSPS) is 12.1. The van der Waals surface area contributed by atoms with Gasteiger partial charge in [-0.2, -0.15) is 0 Å². The highest BCUT2D eigenvalue weighted by molar-refractivity contribution is 6.32.